The van der Waals surface area contributed by atoms with E-state index < -0.39 is 0 Å². The van der Waals surface area contributed by atoms with Crippen molar-refractivity contribution in [3.8, 4) is 0 Å². The molecule has 4 heteroatoms. The number of pyridine rings is 1. The van der Waals surface area contributed by atoms with Crippen molar-refractivity contribution in [1.82, 2.24) is 10.3 Å². The molecule has 1 aliphatic heterocycles. The van der Waals surface area contributed by atoms with Crippen LogP contribution in [0.4, 0.5) is 5.82 Å². The summed E-state index contributed by atoms with van der Waals surface area (Å²) in [7, 11) is 0. The van der Waals surface area contributed by atoms with Gasteiger partial charge in [0.05, 0.1) is 5.56 Å². The van der Waals surface area contributed by atoms with Crippen LogP contribution in [0.2, 0.25) is 0 Å². The van der Waals surface area contributed by atoms with Crippen molar-refractivity contribution >= 4 is 11.6 Å². The van der Waals surface area contributed by atoms with Gasteiger partial charge in [-0.15, -0.1) is 0 Å². The maximum Gasteiger partial charge on any atom is 0.166 e. The Morgan fingerprint density at radius 1 is 1.56 bits per heavy atom. The molecule has 1 unspecified atom stereocenters. The number of nitrogen functional groups attached to an aromatic ring is 1. The molecule has 1 saturated heterocycles. The first kappa shape index (κ1) is 13.0. The van der Waals surface area contributed by atoms with E-state index >= 15 is 0 Å². The fourth-order valence-electron chi connectivity index (χ4n) is 2.45. The van der Waals surface area contributed by atoms with Gasteiger partial charge in [-0.1, -0.05) is 6.92 Å². The van der Waals surface area contributed by atoms with Gasteiger partial charge < -0.3 is 11.1 Å². The standard InChI is InChI=1S/C14H21N3O/c1-2-13(18)12-6-5-11(17-14(12)15)8-10-4-3-7-16-9-10/h5-6,10,16H,2-4,7-9H2,1H3,(H2,15,17). The number of hydrogen-bond donors (Lipinski definition) is 2. The molecule has 98 valence electrons. The van der Waals surface area contributed by atoms with Crippen molar-refractivity contribution in [3.63, 3.8) is 0 Å². The Kier molecular flexibility index (Phi) is 4.31. The molecule has 0 aromatic carbocycles. The molecule has 3 N–H and O–H groups in total. The zero-order chi connectivity index (χ0) is 13.0. The van der Waals surface area contributed by atoms with E-state index in [1.807, 2.05) is 19.1 Å². The highest BCUT2D eigenvalue weighted by atomic mass is 16.1. The first-order valence-electron chi connectivity index (χ1n) is 6.70. The molecule has 18 heavy (non-hydrogen) atoms. The van der Waals surface area contributed by atoms with Gasteiger partial charge in [-0.3, -0.25) is 4.79 Å². The Bertz CT molecular complexity index is 425. The second kappa shape index (κ2) is 5.96. The summed E-state index contributed by atoms with van der Waals surface area (Å²) < 4.78 is 0. The van der Waals surface area contributed by atoms with Crippen LogP contribution in [0.5, 0.6) is 0 Å². The Morgan fingerprint density at radius 3 is 3.00 bits per heavy atom. The summed E-state index contributed by atoms with van der Waals surface area (Å²) >= 11 is 0. The molecular formula is C14H21N3O. The number of anilines is 1. The first-order chi connectivity index (χ1) is 8.70. The summed E-state index contributed by atoms with van der Waals surface area (Å²) in [6.45, 7) is 4.01. The van der Waals surface area contributed by atoms with Crippen LogP contribution in [0.25, 0.3) is 0 Å². The van der Waals surface area contributed by atoms with Gasteiger partial charge in [0.1, 0.15) is 5.82 Å². The lowest BCUT2D eigenvalue weighted by Crippen LogP contribution is -2.31. The SMILES string of the molecule is CCC(=O)c1ccc(CC2CCCNC2)nc1N. The third-order valence-corrected chi connectivity index (χ3v) is 3.50. The normalized spacial score (nSPS) is 19.7. The topological polar surface area (TPSA) is 68.0 Å². The van der Waals surface area contributed by atoms with Crippen LogP contribution < -0.4 is 11.1 Å². The average Bonchev–Trinajstić information content (AvgIpc) is 2.39. The molecule has 1 aliphatic rings. The maximum absolute atomic E-state index is 11.6. The number of carbonyl (C=O) groups excluding carboxylic acids is 1. The van der Waals surface area contributed by atoms with E-state index in [1.165, 1.54) is 12.8 Å². The van der Waals surface area contributed by atoms with E-state index in [1.54, 1.807) is 0 Å². The monoisotopic (exact) mass is 247 g/mol. The zero-order valence-electron chi connectivity index (χ0n) is 10.9. The van der Waals surface area contributed by atoms with Crippen molar-refractivity contribution in [1.29, 1.82) is 0 Å². The van der Waals surface area contributed by atoms with Gasteiger partial charge in [-0.25, -0.2) is 4.98 Å². The van der Waals surface area contributed by atoms with Gasteiger partial charge in [-0.05, 0) is 50.4 Å². The molecule has 0 aliphatic carbocycles. The summed E-state index contributed by atoms with van der Waals surface area (Å²) in [5.74, 6) is 1.08. The van der Waals surface area contributed by atoms with Gasteiger partial charge in [0.25, 0.3) is 0 Å². The molecule has 0 amide bonds. The molecule has 2 rings (SSSR count). The molecule has 1 aromatic heterocycles. The van der Waals surface area contributed by atoms with E-state index in [0.29, 0.717) is 23.7 Å². The largest absolute Gasteiger partial charge is 0.383 e. The minimum Gasteiger partial charge on any atom is -0.383 e. The number of Topliss-reactive ketones (excluding diaryl/α,β-unsaturated/α-hetero) is 1. The molecule has 0 radical (unpaired) electrons. The van der Waals surface area contributed by atoms with Crippen molar-refractivity contribution in [2.24, 2.45) is 5.92 Å². The van der Waals surface area contributed by atoms with Crippen molar-refractivity contribution in [3.05, 3.63) is 23.4 Å². The summed E-state index contributed by atoms with van der Waals surface area (Å²) in [5.41, 5.74) is 7.41. The smallest absolute Gasteiger partial charge is 0.166 e. The number of nitrogens with one attached hydrogen (secondary N) is 1. The van der Waals surface area contributed by atoms with Crippen LogP contribution >= 0.6 is 0 Å². The van der Waals surface area contributed by atoms with Gasteiger partial charge in [-0.2, -0.15) is 0 Å². The molecule has 0 saturated carbocycles. The summed E-state index contributed by atoms with van der Waals surface area (Å²) in [6.07, 6.45) is 3.88. The minimum absolute atomic E-state index is 0.0610. The average molecular weight is 247 g/mol. The van der Waals surface area contributed by atoms with Gasteiger partial charge >= 0.3 is 0 Å². The molecule has 0 spiro atoms. The Hall–Kier alpha value is -1.42. The minimum atomic E-state index is 0.0610. The van der Waals surface area contributed by atoms with E-state index in [4.69, 9.17) is 5.73 Å². The fraction of sp³-hybridized carbons (Fsp3) is 0.571. The highest BCUT2D eigenvalue weighted by molar-refractivity contribution is 5.99. The second-order valence-electron chi connectivity index (χ2n) is 4.93. The highest BCUT2D eigenvalue weighted by Crippen LogP contribution is 2.18. The molecule has 1 aromatic rings. The van der Waals surface area contributed by atoms with Gasteiger partial charge in [0.2, 0.25) is 0 Å². The van der Waals surface area contributed by atoms with Crippen LogP contribution in [-0.4, -0.2) is 23.9 Å². The molecule has 2 heterocycles. The lowest BCUT2D eigenvalue weighted by molar-refractivity contribution is 0.0988. The third kappa shape index (κ3) is 3.07. The number of rotatable bonds is 4. The summed E-state index contributed by atoms with van der Waals surface area (Å²) in [5, 5.41) is 3.40. The number of nitrogens with zero attached hydrogens (tertiary/aromatic N) is 1. The molecule has 1 fully saturated rings. The van der Waals surface area contributed by atoms with Crippen molar-refractivity contribution in [2.75, 3.05) is 18.8 Å². The number of carbonyl (C=O) groups is 1. The Labute approximate surface area is 108 Å². The van der Waals surface area contributed by atoms with Crippen LogP contribution in [0.15, 0.2) is 12.1 Å². The number of ketones is 1. The lowest BCUT2D eigenvalue weighted by atomic mass is 9.94. The molecule has 1 atom stereocenters. The Balaban J connectivity index is 2.06. The van der Waals surface area contributed by atoms with Gasteiger partial charge in [0.15, 0.2) is 5.78 Å². The highest BCUT2D eigenvalue weighted by Gasteiger charge is 2.15. The lowest BCUT2D eigenvalue weighted by Gasteiger charge is -2.22. The van der Waals surface area contributed by atoms with Gasteiger partial charge in [0, 0.05) is 12.1 Å². The van der Waals surface area contributed by atoms with Crippen LogP contribution in [-0.2, 0) is 6.42 Å². The maximum atomic E-state index is 11.6. The first-order valence-corrected chi connectivity index (χ1v) is 6.70. The molecular weight excluding hydrogens is 226 g/mol. The van der Waals surface area contributed by atoms with E-state index in [9.17, 15) is 4.79 Å². The molecule has 4 nitrogen and oxygen atoms in total. The Morgan fingerprint density at radius 2 is 2.39 bits per heavy atom. The summed E-state index contributed by atoms with van der Waals surface area (Å²) in [4.78, 5) is 16.0. The predicted octanol–water partition coefficient (Wildman–Crippen LogP) is 1.80. The van der Waals surface area contributed by atoms with E-state index in [-0.39, 0.29) is 5.78 Å². The van der Waals surface area contributed by atoms with E-state index in [0.717, 1.165) is 25.2 Å². The van der Waals surface area contributed by atoms with Crippen molar-refractivity contribution in [2.45, 2.75) is 32.6 Å². The predicted molar refractivity (Wildman–Crippen MR) is 72.6 cm³/mol. The third-order valence-electron chi connectivity index (χ3n) is 3.50. The van der Waals surface area contributed by atoms with Crippen LogP contribution in [0.3, 0.4) is 0 Å². The van der Waals surface area contributed by atoms with Crippen molar-refractivity contribution < 1.29 is 4.79 Å². The quantitative estimate of drug-likeness (QED) is 0.796. The second-order valence-corrected chi connectivity index (χ2v) is 4.93. The number of hydrogen-bond acceptors (Lipinski definition) is 4. The zero-order valence-corrected chi connectivity index (χ0v) is 10.9. The number of nitrogens with two attached hydrogens (primary N) is 1. The fourth-order valence-corrected chi connectivity index (χ4v) is 2.45. The van der Waals surface area contributed by atoms with Crippen LogP contribution in [0.1, 0.15) is 42.2 Å². The molecule has 0 bridgehead atoms. The van der Waals surface area contributed by atoms with Crippen LogP contribution in [0, 0.1) is 5.92 Å². The van der Waals surface area contributed by atoms with E-state index in [2.05, 4.69) is 10.3 Å². The number of aromatic nitrogens is 1. The summed E-state index contributed by atoms with van der Waals surface area (Å²) in [6, 6.07) is 3.76. The number of piperidine rings is 1.